The summed E-state index contributed by atoms with van der Waals surface area (Å²) in [5, 5.41) is 27.2. The average molecular weight is 803 g/mol. The van der Waals surface area contributed by atoms with Gasteiger partial charge in [-0.2, -0.15) is 0 Å². The Morgan fingerprint density at radius 3 is 2.36 bits per heavy atom. The zero-order valence-electron chi connectivity index (χ0n) is 35.3. The van der Waals surface area contributed by atoms with Crippen LogP contribution in [-0.4, -0.2) is 67.2 Å². The minimum Gasteiger partial charge on any atom is -0.504 e. The summed E-state index contributed by atoms with van der Waals surface area (Å²) in [5.41, 5.74) is 13.6. The number of piperidine rings is 1. The second-order valence-corrected chi connectivity index (χ2v) is 16.4. The van der Waals surface area contributed by atoms with Crippen LogP contribution in [0.3, 0.4) is 0 Å². The molecule has 1 aliphatic heterocycles. The molecule has 3 aromatic carbocycles. The Balaban J connectivity index is 1.19. The first kappa shape index (κ1) is 45.3. The summed E-state index contributed by atoms with van der Waals surface area (Å²) in [5.74, 6) is 2.15. The number of nitrogens with zero attached hydrogens (tertiary/aromatic N) is 1. The number of hydrogen-bond acceptors (Lipinski definition) is 9. The van der Waals surface area contributed by atoms with Gasteiger partial charge < -0.3 is 31.3 Å². The van der Waals surface area contributed by atoms with Gasteiger partial charge in [0.2, 0.25) is 0 Å². The molecule has 59 heavy (non-hydrogen) atoms. The predicted octanol–water partition coefficient (Wildman–Crippen LogP) is 7.87. The van der Waals surface area contributed by atoms with Crippen LogP contribution in [0.25, 0.3) is 6.08 Å². The molecule has 0 amide bonds. The fourth-order valence-corrected chi connectivity index (χ4v) is 8.71. The number of methoxy groups -OCH3 is 1. The number of aromatic nitrogens is 1. The van der Waals surface area contributed by atoms with Crippen LogP contribution >= 0.6 is 0 Å². The Bertz CT molecular complexity index is 1940. The van der Waals surface area contributed by atoms with Crippen LogP contribution in [0, 0.1) is 17.8 Å². The normalized spacial score (nSPS) is 14.4. The summed E-state index contributed by atoms with van der Waals surface area (Å²) < 4.78 is 5.43. The number of aromatic hydroxyl groups is 1. The first-order valence-electron chi connectivity index (χ1n) is 21.7. The molecule has 2 atom stereocenters. The van der Waals surface area contributed by atoms with Crippen LogP contribution in [0.4, 0.5) is 5.82 Å². The Morgan fingerprint density at radius 2 is 1.63 bits per heavy atom. The Hall–Kier alpha value is -4.83. The lowest BCUT2D eigenvalue weighted by Gasteiger charge is -2.33. The van der Waals surface area contributed by atoms with Gasteiger partial charge in [0.1, 0.15) is 11.6 Å². The number of rotatable bonds is 25. The number of aliphatic hydroxyl groups is 1. The largest absolute Gasteiger partial charge is 0.504 e. The number of nitrogen functional groups attached to an aromatic ring is 1. The number of nitrogens with two attached hydrogens (primary N) is 1. The van der Waals surface area contributed by atoms with Crippen molar-refractivity contribution in [2.45, 2.75) is 89.9 Å². The maximum atomic E-state index is 13.1. The maximum Gasteiger partial charge on any atom is 0.163 e. The maximum absolute atomic E-state index is 13.1. The molecular formula is C50H66N4O5. The fourth-order valence-electron chi connectivity index (χ4n) is 8.71. The number of phenols is 1. The minimum atomic E-state index is -0.259. The Kier molecular flexibility index (Phi) is 18.6. The number of carbonyl (C=O) groups excluding carboxylic acids is 2. The van der Waals surface area contributed by atoms with Crippen LogP contribution in [0.5, 0.6) is 11.5 Å². The topological polar surface area (TPSA) is 147 Å². The number of benzene rings is 3. The molecule has 4 aromatic rings. The van der Waals surface area contributed by atoms with Gasteiger partial charge in [-0.25, -0.2) is 4.98 Å². The van der Waals surface area contributed by atoms with Gasteiger partial charge in [-0.05, 0) is 178 Å². The van der Waals surface area contributed by atoms with Gasteiger partial charge in [0.25, 0.3) is 0 Å². The first-order chi connectivity index (χ1) is 28.7. The van der Waals surface area contributed by atoms with Gasteiger partial charge in [-0.3, -0.25) is 9.59 Å². The number of aliphatic hydroxyl groups excluding tert-OH is 1. The highest BCUT2D eigenvalue weighted by molar-refractivity contribution is 6.06. The van der Waals surface area contributed by atoms with E-state index in [-0.39, 0.29) is 30.3 Å². The van der Waals surface area contributed by atoms with Crippen molar-refractivity contribution in [3.8, 4) is 11.5 Å². The molecule has 0 aliphatic carbocycles. The zero-order chi connectivity index (χ0) is 41.8. The number of pyridine rings is 1. The molecule has 6 N–H and O–H groups in total. The van der Waals surface area contributed by atoms with Crippen LogP contribution in [-0.2, 0) is 41.7 Å². The molecule has 9 nitrogen and oxygen atoms in total. The van der Waals surface area contributed by atoms with E-state index in [1.807, 2.05) is 19.2 Å². The summed E-state index contributed by atoms with van der Waals surface area (Å²) in [7, 11) is 3.51. The quantitative estimate of drug-likeness (QED) is 0.0334. The highest BCUT2D eigenvalue weighted by Gasteiger charge is 2.26. The molecule has 0 bridgehead atoms. The Labute approximate surface area is 351 Å². The van der Waals surface area contributed by atoms with Crippen molar-refractivity contribution in [3.05, 3.63) is 124 Å². The molecule has 2 heterocycles. The van der Waals surface area contributed by atoms with E-state index in [1.54, 1.807) is 24.4 Å². The van der Waals surface area contributed by atoms with Crippen LogP contribution < -0.4 is 21.1 Å². The van der Waals surface area contributed by atoms with Gasteiger partial charge in [0.05, 0.1) is 13.5 Å². The standard InChI is InChI=1S/C50H66N4O5/c1-52-34-44(40-22-24-53-25-23-40)28-37(14-8-26-55)13-7-15-46(56)33-47(57)21-20-41-31-49(59-2)48(58)30-43(41)29-45-35-54-50(51)32-42(45)19-18-39-12-6-11-38(27-39)17-16-36-9-4-3-5-10-36/h3-6,9-12,20-21,27,30-32,35,37,40,44,52-53,55,58H,7-8,13-19,22-26,28-29,33-34H2,1-2H3,(H2,51,54)/b21-20+/t37-,44-/m0/s1. The zero-order valence-corrected chi connectivity index (χ0v) is 35.3. The number of phenolic OH excluding ortho intramolecular Hbond substituents is 1. The number of allylic oxidation sites excluding steroid dienone is 1. The number of ketones is 2. The van der Waals surface area contributed by atoms with Gasteiger partial charge in [-0.15, -0.1) is 0 Å². The molecule has 0 spiro atoms. The second-order valence-electron chi connectivity index (χ2n) is 16.4. The number of ether oxygens (including phenoxy) is 1. The third-order valence-corrected chi connectivity index (χ3v) is 12.0. The number of anilines is 1. The Morgan fingerprint density at radius 1 is 0.915 bits per heavy atom. The van der Waals surface area contributed by atoms with E-state index in [2.05, 4.69) is 64.1 Å². The molecule has 1 saturated heterocycles. The van der Waals surface area contributed by atoms with Crippen molar-refractivity contribution in [1.29, 1.82) is 0 Å². The van der Waals surface area contributed by atoms with Crippen LogP contribution in [0.2, 0.25) is 0 Å². The van der Waals surface area contributed by atoms with Crippen LogP contribution in [0.1, 0.15) is 96.7 Å². The second kappa shape index (κ2) is 24.3. The monoisotopic (exact) mass is 803 g/mol. The van der Waals surface area contributed by atoms with E-state index in [4.69, 9.17) is 10.5 Å². The molecule has 0 unspecified atom stereocenters. The van der Waals surface area contributed by atoms with Crippen molar-refractivity contribution >= 4 is 23.5 Å². The summed E-state index contributed by atoms with van der Waals surface area (Å²) in [4.78, 5) is 30.6. The van der Waals surface area contributed by atoms with Crippen molar-refractivity contribution in [2.75, 3.05) is 46.1 Å². The minimum absolute atomic E-state index is 0.00347. The third-order valence-electron chi connectivity index (χ3n) is 12.0. The molecule has 1 aromatic heterocycles. The number of aryl methyl sites for hydroxylation is 4. The summed E-state index contributed by atoms with van der Waals surface area (Å²) in [6.07, 6.45) is 16.0. The lowest BCUT2D eigenvalue weighted by atomic mass is 9.77. The lowest BCUT2D eigenvalue weighted by Crippen LogP contribution is -2.36. The van der Waals surface area contributed by atoms with Crippen molar-refractivity contribution in [3.63, 3.8) is 0 Å². The first-order valence-corrected chi connectivity index (χ1v) is 21.7. The number of hydrogen-bond donors (Lipinski definition) is 5. The van der Waals surface area contributed by atoms with Gasteiger partial charge >= 0.3 is 0 Å². The fraction of sp³-hybridized carbons (Fsp3) is 0.460. The summed E-state index contributed by atoms with van der Waals surface area (Å²) in [6.45, 7) is 3.30. The van der Waals surface area contributed by atoms with Crippen molar-refractivity contribution in [2.24, 2.45) is 17.8 Å². The highest BCUT2D eigenvalue weighted by Crippen LogP contribution is 2.33. The van der Waals surface area contributed by atoms with Crippen LogP contribution in [0.15, 0.2) is 85.1 Å². The third kappa shape index (κ3) is 15.1. The molecular weight excluding hydrogens is 737 g/mol. The summed E-state index contributed by atoms with van der Waals surface area (Å²) >= 11 is 0. The SMILES string of the molecule is CNC[C@H](C[C@H](CCCO)CCCC(=O)CC(=O)/C=C/c1cc(OC)c(O)cc1Cc1cnc(N)cc1CCc1cccc(CCc2ccccc2)c1)C1CCNCC1. The number of Topliss-reactive ketones (excluding diaryl/α,β-unsaturated/α-hetero) is 1. The highest BCUT2D eigenvalue weighted by atomic mass is 16.5. The number of nitrogens with one attached hydrogen (secondary N) is 2. The van der Waals surface area contributed by atoms with Crippen molar-refractivity contribution < 1.29 is 24.5 Å². The van der Waals surface area contributed by atoms with Gasteiger partial charge in [0.15, 0.2) is 17.3 Å². The van der Waals surface area contributed by atoms with Gasteiger partial charge in [0, 0.05) is 19.2 Å². The molecule has 9 heteroatoms. The average Bonchev–Trinajstić information content (AvgIpc) is 3.25. The predicted molar refractivity (Wildman–Crippen MR) is 239 cm³/mol. The molecule has 5 rings (SSSR count). The lowest BCUT2D eigenvalue weighted by molar-refractivity contribution is -0.124. The smallest absolute Gasteiger partial charge is 0.163 e. The van der Waals surface area contributed by atoms with E-state index in [9.17, 15) is 19.8 Å². The van der Waals surface area contributed by atoms with E-state index >= 15 is 0 Å². The molecule has 1 fully saturated rings. The van der Waals surface area contributed by atoms with E-state index in [0.717, 1.165) is 94.1 Å². The van der Waals surface area contributed by atoms with Crippen molar-refractivity contribution in [1.82, 2.24) is 15.6 Å². The molecule has 316 valence electrons. The molecule has 1 aliphatic rings. The van der Waals surface area contributed by atoms with Gasteiger partial charge in [-0.1, -0.05) is 67.1 Å². The molecule has 0 saturated carbocycles. The molecule has 0 radical (unpaired) electrons. The van der Waals surface area contributed by atoms with E-state index in [0.29, 0.717) is 47.7 Å². The van der Waals surface area contributed by atoms with E-state index in [1.165, 1.54) is 42.7 Å². The number of carbonyl (C=O) groups is 2. The van der Waals surface area contributed by atoms with E-state index < -0.39 is 0 Å². The summed E-state index contributed by atoms with van der Waals surface area (Å²) in [6, 6.07) is 24.6.